The van der Waals surface area contributed by atoms with Crippen molar-refractivity contribution in [3.8, 4) is 0 Å². The molecule has 0 fully saturated rings. The van der Waals surface area contributed by atoms with Gasteiger partial charge in [-0.15, -0.1) is 0 Å². The Labute approximate surface area is 98.4 Å². The molecule has 6 nitrogen and oxygen atoms in total. The summed E-state index contributed by atoms with van der Waals surface area (Å²) in [5.74, 6) is 1.09. The summed E-state index contributed by atoms with van der Waals surface area (Å²) in [7, 11) is 0. The highest BCUT2D eigenvalue weighted by Crippen LogP contribution is 2.12. The summed E-state index contributed by atoms with van der Waals surface area (Å²) in [6.45, 7) is 3.72. The fourth-order valence-electron chi connectivity index (χ4n) is 1.54. The molecule has 0 saturated carbocycles. The minimum atomic E-state index is -0.259. The van der Waals surface area contributed by atoms with Crippen molar-refractivity contribution in [1.29, 1.82) is 0 Å². The molecule has 0 radical (unpaired) electrons. The molecule has 1 unspecified atom stereocenters. The summed E-state index contributed by atoms with van der Waals surface area (Å²) in [4.78, 5) is 19.0. The van der Waals surface area contributed by atoms with Crippen molar-refractivity contribution in [2.24, 2.45) is 0 Å². The van der Waals surface area contributed by atoms with Crippen LogP contribution in [0.4, 0.5) is 0 Å². The molecule has 2 aromatic heterocycles. The molecule has 2 N–H and O–H groups in total. The minimum absolute atomic E-state index is 0.144. The van der Waals surface area contributed by atoms with E-state index in [-0.39, 0.29) is 17.6 Å². The van der Waals surface area contributed by atoms with E-state index in [0.29, 0.717) is 5.76 Å². The zero-order valence-electron chi connectivity index (χ0n) is 9.73. The summed E-state index contributed by atoms with van der Waals surface area (Å²) in [6, 6.07) is 1.46. The Kier molecular flexibility index (Phi) is 3.22. The Hall–Kier alpha value is -2.11. The molecule has 2 heterocycles. The van der Waals surface area contributed by atoms with E-state index in [4.69, 9.17) is 4.52 Å². The van der Waals surface area contributed by atoms with Gasteiger partial charge in [-0.2, -0.15) is 0 Å². The van der Waals surface area contributed by atoms with Crippen LogP contribution in [-0.2, 0) is 0 Å². The van der Waals surface area contributed by atoms with Gasteiger partial charge in [0.2, 0.25) is 0 Å². The number of aryl methyl sites for hydroxylation is 1. The summed E-state index contributed by atoms with van der Waals surface area (Å²) in [6.07, 6.45) is 4.13. The molecule has 2 rings (SSSR count). The minimum Gasteiger partial charge on any atom is -0.361 e. The first-order valence-electron chi connectivity index (χ1n) is 5.44. The van der Waals surface area contributed by atoms with Gasteiger partial charge in [0, 0.05) is 18.5 Å². The summed E-state index contributed by atoms with van der Waals surface area (Å²) < 4.78 is 4.86. The Morgan fingerprint density at radius 1 is 1.65 bits per heavy atom. The number of nitrogens with zero attached hydrogens (tertiary/aromatic N) is 2. The maximum absolute atomic E-state index is 11.8. The third-order valence-electron chi connectivity index (χ3n) is 2.42. The van der Waals surface area contributed by atoms with Gasteiger partial charge >= 0.3 is 0 Å². The number of hydrogen-bond donors (Lipinski definition) is 2. The lowest BCUT2D eigenvalue weighted by molar-refractivity contribution is 0.0924. The Morgan fingerprint density at radius 3 is 3.00 bits per heavy atom. The van der Waals surface area contributed by atoms with Crippen molar-refractivity contribution in [1.82, 2.24) is 20.4 Å². The van der Waals surface area contributed by atoms with Crippen LogP contribution in [0, 0.1) is 6.92 Å². The van der Waals surface area contributed by atoms with Crippen LogP contribution in [-0.4, -0.2) is 21.0 Å². The lowest BCUT2D eigenvalue weighted by atomic mass is 10.2. The molecule has 0 aliphatic heterocycles. The van der Waals surface area contributed by atoms with Crippen LogP contribution in [0.25, 0.3) is 0 Å². The standard InChI is InChI=1S/C11H14N4O2/c1-3-8(10-12-4-5-13-10)14-11(16)9-6-7(2)17-15-9/h4-6,8H,3H2,1-2H3,(H,12,13)(H,14,16). The van der Waals surface area contributed by atoms with Gasteiger partial charge in [0.05, 0.1) is 6.04 Å². The molecule has 2 aromatic rings. The number of carbonyl (C=O) groups is 1. The van der Waals surface area contributed by atoms with Crippen LogP contribution in [0.5, 0.6) is 0 Å². The van der Waals surface area contributed by atoms with Gasteiger partial charge in [0.1, 0.15) is 11.6 Å². The van der Waals surface area contributed by atoms with Crippen molar-refractivity contribution in [3.05, 3.63) is 35.7 Å². The van der Waals surface area contributed by atoms with Gasteiger partial charge < -0.3 is 14.8 Å². The molecule has 1 amide bonds. The van der Waals surface area contributed by atoms with Crippen LogP contribution < -0.4 is 5.32 Å². The van der Waals surface area contributed by atoms with E-state index in [0.717, 1.165) is 12.2 Å². The lowest BCUT2D eigenvalue weighted by Crippen LogP contribution is -2.29. The zero-order chi connectivity index (χ0) is 12.3. The Balaban J connectivity index is 2.07. The SMILES string of the molecule is CCC(NC(=O)c1cc(C)on1)c1ncc[nH]1. The predicted molar refractivity (Wildman–Crippen MR) is 60.3 cm³/mol. The largest absolute Gasteiger partial charge is 0.361 e. The van der Waals surface area contributed by atoms with E-state index in [1.54, 1.807) is 25.4 Å². The summed E-state index contributed by atoms with van der Waals surface area (Å²) in [5, 5.41) is 6.51. The number of hydrogen-bond acceptors (Lipinski definition) is 4. The Morgan fingerprint density at radius 2 is 2.47 bits per heavy atom. The second-order valence-electron chi connectivity index (χ2n) is 3.73. The summed E-state index contributed by atoms with van der Waals surface area (Å²) >= 11 is 0. The number of nitrogens with one attached hydrogen (secondary N) is 2. The number of aromatic nitrogens is 3. The van der Waals surface area contributed by atoms with Crippen LogP contribution in [0.1, 0.15) is 41.5 Å². The molecule has 0 aliphatic carbocycles. The monoisotopic (exact) mass is 234 g/mol. The molecule has 1 atom stereocenters. The van der Waals surface area contributed by atoms with Crippen LogP contribution in [0.2, 0.25) is 0 Å². The second-order valence-corrected chi connectivity index (χ2v) is 3.73. The average Bonchev–Trinajstić information content (AvgIpc) is 2.96. The van der Waals surface area contributed by atoms with Crippen molar-refractivity contribution >= 4 is 5.91 Å². The van der Waals surface area contributed by atoms with E-state index < -0.39 is 0 Å². The summed E-state index contributed by atoms with van der Waals surface area (Å²) in [5.41, 5.74) is 0.285. The molecule has 17 heavy (non-hydrogen) atoms. The molecule has 0 aliphatic rings. The number of amides is 1. The molecule has 0 spiro atoms. The Bertz CT molecular complexity index is 489. The first-order chi connectivity index (χ1) is 8.20. The third kappa shape index (κ3) is 2.52. The van der Waals surface area contributed by atoms with Gasteiger partial charge in [-0.1, -0.05) is 12.1 Å². The van der Waals surface area contributed by atoms with Gasteiger partial charge in [-0.25, -0.2) is 4.98 Å². The van der Waals surface area contributed by atoms with E-state index in [2.05, 4.69) is 20.4 Å². The predicted octanol–water partition coefficient (Wildman–Crippen LogP) is 1.59. The number of H-pyrrole nitrogens is 1. The van der Waals surface area contributed by atoms with Crippen molar-refractivity contribution < 1.29 is 9.32 Å². The first-order valence-corrected chi connectivity index (χ1v) is 5.44. The van der Waals surface area contributed by atoms with Crippen LogP contribution in [0.3, 0.4) is 0 Å². The third-order valence-corrected chi connectivity index (χ3v) is 2.42. The smallest absolute Gasteiger partial charge is 0.274 e. The van der Waals surface area contributed by atoms with Crippen molar-refractivity contribution in [2.75, 3.05) is 0 Å². The molecule has 6 heteroatoms. The fraction of sp³-hybridized carbons (Fsp3) is 0.364. The van der Waals surface area contributed by atoms with Gasteiger partial charge in [0.25, 0.3) is 5.91 Å². The quantitative estimate of drug-likeness (QED) is 0.841. The topological polar surface area (TPSA) is 83.8 Å². The van der Waals surface area contributed by atoms with E-state index in [9.17, 15) is 4.79 Å². The van der Waals surface area contributed by atoms with Gasteiger partial charge in [-0.05, 0) is 13.3 Å². The normalized spacial score (nSPS) is 12.4. The molecular weight excluding hydrogens is 220 g/mol. The molecular formula is C11H14N4O2. The second kappa shape index (κ2) is 4.82. The lowest BCUT2D eigenvalue weighted by Gasteiger charge is -2.13. The highest BCUT2D eigenvalue weighted by molar-refractivity contribution is 5.92. The van der Waals surface area contributed by atoms with E-state index in [1.807, 2.05) is 6.92 Å². The van der Waals surface area contributed by atoms with Gasteiger partial charge in [0.15, 0.2) is 5.69 Å². The molecule has 90 valence electrons. The van der Waals surface area contributed by atoms with Gasteiger partial charge in [-0.3, -0.25) is 4.79 Å². The fourth-order valence-corrected chi connectivity index (χ4v) is 1.54. The van der Waals surface area contributed by atoms with Crippen LogP contribution in [0.15, 0.2) is 23.0 Å². The first kappa shape index (κ1) is 11.4. The highest BCUT2D eigenvalue weighted by Gasteiger charge is 2.18. The average molecular weight is 234 g/mol. The van der Waals surface area contributed by atoms with E-state index >= 15 is 0 Å². The van der Waals surface area contributed by atoms with Crippen molar-refractivity contribution in [2.45, 2.75) is 26.3 Å². The van der Waals surface area contributed by atoms with E-state index in [1.165, 1.54) is 0 Å². The molecule has 0 aromatic carbocycles. The number of rotatable bonds is 4. The maximum Gasteiger partial charge on any atom is 0.274 e. The molecule has 0 bridgehead atoms. The number of imidazole rings is 1. The number of carbonyl (C=O) groups excluding carboxylic acids is 1. The van der Waals surface area contributed by atoms with Crippen molar-refractivity contribution in [3.63, 3.8) is 0 Å². The number of aromatic amines is 1. The zero-order valence-corrected chi connectivity index (χ0v) is 9.73. The molecule has 0 saturated heterocycles. The maximum atomic E-state index is 11.8. The highest BCUT2D eigenvalue weighted by atomic mass is 16.5. The van der Waals surface area contributed by atoms with Crippen LogP contribution >= 0.6 is 0 Å².